The van der Waals surface area contributed by atoms with E-state index in [0.29, 0.717) is 18.0 Å². The smallest absolute Gasteiger partial charge is 0.243 e. The van der Waals surface area contributed by atoms with Gasteiger partial charge in [-0.25, -0.2) is 0 Å². The molecule has 0 aliphatic heterocycles. The van der Waals surface area contributed by atoms with Crippen LogP contribution in [-0.4, -0.2) is 28.3 Å². The van der Waals surface area contributed by atoms with Crippen LogP contribution in [0, 0.1) is 0 Å². The van der Waals surface area contributed by atoms with Crippen molar-refractivity contribution in [2.24, 2.45) is 0 Å². The zero-order valence-electron chi connectivity index (χ0n) is 19.4. The molecule has 5 heteroatoms. The molecule has 172 valence electrons. The second-order valence-electron chi connectivity index (χ2n) is 9.22. The highest BCUT2D eigenvalue weighted by molar-refractivity contribution is 6.31. The second-order valence-corrected chi connectivity index (χ2v) is 9.63. The lowest BCUT2D eigenvalue weighted by molar-refractivity contribution is -0.141. The molecule has 4 nitrogen and oxygen atoms in total. The normalized spacial score (nSPS) is 12.1. The number of hydrogen-bond donors (Lipinski definition) is 1. The van der Waals surface area contributed by atoms with E-state index in [1.54, 1.807) is 11.0 Å². The van der Waals surface area contributed by atoms with E-state index >= 15 is 0 Å². The SMILES string of the molecule is CC(C)(C)NC(=O)C(Cc1ccccc1)N(Cc1ccccc1)C(=O)Cc1ccccc1Cl. The lowest BCUT2D eigenvalue weighted by Gasteiger charge is -2.34. The molecule has 1 unspecified atom stereocenters. The number of carbonyl (C=O) groups excluding carboxylic acids is 2. The zero-order valence-corrected chi connectivity index (χ0v) is 20.2. The van der Waals surface area contributed by atoms with Crippen LogP contribution in [0.1, 0.15) is 37.5 Å². The predicted octanol–water partition coefficient (Wildman–Crippen LogP) is 5.44. The summed E-state index contributed by atoms with van der Waals surface area (Å²) in [5.41, 5.74) is 2.29. The van der Waals surface area contributed by atoms with Gasteiger partial charge in [-0.05, 0) is 43.5 Å². The molecule has 1 atom stereocenters. The molecule has 0 saturated carbocycles. The summed E-state index contributed by atoms with van der Waals surface area (Å²) in [6.07, 6.45) is 0.546. The van der Waals surface area contributed by atoms with Crippen molar-refractivity contribution < 1.29 is 9.59 Å². The zero-order chi connectivity index (χ0) is 23.8. The number of hydrogen-bond acceptors (Lipinski definition) is 2. The third-order valence-corrected chi connectivity index (χ3v) is 5.63. The van der Waals surface area contributed by atoms with Crippen LogP contribution >= 0.6 is 11.6 Å². The Kier molecular flexibility index (Phi) is 8.29. The predicted molar refractivity (Wildman–Crippen MR) is 134 cm³/mol. The monoisotopic (exact) mass is 462 g/mol. The molecule has 2 amide bonds. The van der Waals surface area contributed by atoms with Crippen molar-refractivity contribution in [1.82, 2.24) is 10.2 Å². The molecule has 0 radical (unpaired) electrons. The first-order valence-electron chi connectivity index (χ1n) is 11.2. The van der Waals surface area contributed by atoms with Crippen LogP contribution in [0.2, 0.25) is 5.02 Å². The number of carbonyl (C=O) groups is 2. The van der Waals surface area contributed by atoms with Gasteiger partial charge in [0.1, 0.15) is 6.04 Å². The maximum atomic E-state index is 13.7. The lowest BCUT2D eigenvalue weighted by Crippen LogP contribution is -2.54. The Labute approximate surface area is 201 Å². The standard InChI is InChI=1S/C28H31ClN2O2/c1-28(2,3)30-27(33)25(18-21-12-6-4-7-13-21)31(20-22-14-8-5-9-15-22)26(32)19-23-16-10-11-17-24(23)29/h4-17,25H,18-20H2,1-3H3,(H,30,33). The molecule has 0 aromatic heterocycles. The molecule has 0 bridgehead atoms. The van der Waals surface area contributed by atoms with Gasteiger partial charge in [-0.3, -0.25) is 9.59 Å². The van der Waals surface area contributed by atoms with Crippen molar-refractivity contribution >= 4 is 23.4 Å². The van der Waals surface area contributed by atoms with Crippen molar-refractivity contribution in [3.8, 4) is 0 Å². The van der Waals surface area contributed by atoms with Crippen molar-refractivity contribution in [1.29, 1.82) is 0 Å². The van der Waals surface area contributed by atoms with E-state index in [2.05, 4.69) is 5.32 Å². The first-order chi connectivity index (χ1) is 15.7. The van der Waals surface area contributed by atoms with E-state index in [4.69, 9.17) is 11.6 Å². The number of amides is 2. The molecular formula is C28H31ClN2O2. The molecule has 3 aromatic carbocycles. The van der Waals surface area contributed by atoms with Crippen LogP contribution in [0.3, 0.4) is 0 Å². The van der Waals surface area contributed by atoms with E-state index in [1.807, 2.05) is 99.6 Å². The van der Waals surface area contributed by atoms with Gasteiger partial charge < -0.3 is 10.2 Å². The van der Waals surface area contributed by atoms with Crippen LogP contribution < -0.4 is 5.32 Å². The Morgan fingerprint density at radius 3 is 1.97 bits per heavy atom. The van der Waals surface area contributed by atoms with Crippen molar-refractivity contribution in [3.05, 3.63) is 107 Å². The molecule has 0 fully saturated rings. The molecule has 33 heavy (non-hydrogen) atoms. The van der Waals surface area contributed by atoms with Gasteiger partial charge in [-0.15, -0.1) is 0 Å². The molecule has 3 rings (SSSR count). The minimum Gasteiger partial charge on any atom is -0.350 e. The highest BCUT2D eigenvalue weighted by atomic mass is 35.5. The van der Waals surface area contributed by atoms with E-state index < -0.39 is 11.6 Å². The summed E-state index contributed by atoms with van der Waals surface area (Å²) in [4.78, 5) is 28.8. The van der Waals surface area contributed by atoms with Gasteiger partial charge in [0.25, 0.3) is 0 Å². The maximum absolute atomic E-state index is 13.7. The summed E-state index contributed by atoms with van der Waals surface area (Å²) in [5, 5.41) is 3.62. The Bertz CT molecular complexity index is 1060. The largest absolute Gasteiger partial charge is 0.350 e. The average Bonchev–Trinajstić information content (AvgIpc) is 2.78. The summed E-state index contributed by atoms with van der Waals surface area (Å²) in [6, 6.07) is 26.2. The van der Waals surface area contributed by atoms with Gasteiger partial charge >= 0.3 is 0 Å². The minimum absolute atomic E-state index is 0.126. The third kappa shape index (κ3) is 7.47. The highest BCUT2D eigenvalue weighted by Gasteiger charge is 2.32. The molecule has 0 saturated heterocycles. The van der Waals surface area contributed by atoms with Gasteiger partial charge in [0, 0.05) is 23.5 Å². The first kappa shape index (κ1) is 24.5. The number of nitrogens with zero attached hydrogens (tertiary/aromatic N) is 1. The van der Waals surface area contributed by atoms with E-state index in [1.165, 1.54) is 0 Å². The lowest BCUT2D eigenvalue weighted by atomic mass is 10.00. The van der Waals surface area contributed by atoms with Crippen molar-refractivity contribution in [3.63, 3.8) is 0 Å². The molecule has 0 spiro atoms. The fourth-order valence-corrected chi connectivity index (χ4v) is 3.90. The van der Waals surface area contributed by atoms with Gasteiger partial charge in [-0.2, -0.15) is 0 Å². The molecule has 1 N–H and O–H groups in total. The van der Waals surface area contributed by atoms with Gasteiger partial charge in [0.05, 0.1) is 6.42 Å². The highest BCUT2D eigenvalue weighted by Crippen LogP contribution is 2.20. The van der Waals surface area contributed by atoms with Crippen LogP contribution in [0.5, 0.6) is 0 Å². The Hall–Kier alpha value is -3.11. The van der Waals surface area contributed by atoms with Gasteiger partial charge in [0.15, 0.2) is 0 Å². The van der Waals surface area contributed by atoms with Crippen molar-refractivity contribution in [2.45, 2.75) is 51.7 Å². The number of rotatable bonds is 8. The topological polar surface area (TPSA) is 49.4 Å². The Balaban J connectivity index is 1.98. The van der Waals surface area contributed by atoms with Crippen molar-refractivity contribution in [2.75, 3.05) is 0 Å². The minimum atomic E-state index is -0.665. The number of nitrogens with one attached hydrogen (secondary N) is 1. The van der Waals surface area contributed by atoms with Gasteiger partial charge in [-0.1, -0.05) is 90.5 Å². The fraction of sp³-hybridized carbons (Fsp3) is 0.286. The fourth-order valence-electron chi connectivity index (χ4n) is 3.69. The summed E-state index contributed by atoms with van der Waals surface area (Å²) in [5.74, 6) is -0.313. The van der Waals surface area contributed by atoms with Crippen LogP contribution in [-0.2, 0) is 29.0 Å². The van der Waals surface area contributed by atoms with Crippen LogP contribution in [0.25, 0.3) is 0 Å². The molecule has 3 aromatic rings. The summed E-state index contributed by atoms with van der Waals surface area (Å²) < 4.78 is 0. The summed E-state index contributed by atoms with van der Waals surface area (Å²) in [6.45, 7) is 6.16. The Morgan fingerprint density at radius 2 is 1.39 bits per heavy atom. The quantitative estimate of drug-likeness (QED) is 0.484. The summed E-state index contributed by atoms with van der Waals surface area (Å²) in [7, 11) is 0. The first-order valence-corrected chi connectivity index (χ1v) is 11.5. The van der Waals surface area contributed by atoms with Crippen LogP contribution in [0.15, 0.2) is 84.9 Å². The molecular weight excluding hydrogens is 432 g/mol. The summed E-state index contributed by atoms with van der Waals surface area (Å²) >= 11 is 6.34. The molecule has 0 aliphatic carbocycles. The second kappa shape index (κ2) is 11.2. The van der Waals surface area contributed by atoms with E-state index in [0.717, 1.165) is 16.7 Å². The third-order valence-electron chi connectivity index (χ3n) is 5.26. The van der Waals surface area contributed by atoms with E-state index in [9.17, 15) is 9.59 Å². The van der Waals surface area contributed by atoms with E-state index in [-0.39, 0.29) is 18.2 Å². The molecule has 0 heterocycles. The Morgan fingerprint density at radius 1 is 0.848 bits per heavy atom. The maximum Gasteiger partial charge on any atom is 0.243 e. The molecule has 0 aliphatic rings. The number of benzene rings is 3. The average molecular weight is 463 g/mol. The number of halogens is 1. The van der Waals surface area contributed by atoms with Crippen LogP contribution in [0.4, 0.5) is 0 Å². The van der Waals surface area contributed by atoms with Gasteiger partial charge in [0.2, 0.25) is 11.8 Å².